The highest BCUT2D eigenvalue weighted by atomic mass is 79.9. The molecule has 5 rings (SSSR count). The summed E-state index contributed by atoms with van der Waals surface area (Å²) in [4.78, 5) is 0. The second-order valence-electron chi connectivity index (χ2n) is 10.2. The van der Waals surface area contributed by atoms with Crippen LogP contribution in [0.25, 0.3) is 0 Å². The molecule has 0 saturated carbocycles. The van der Waals surface area contributed by atoms with Crippen molar-refractivity contribution in [1.29, 1.82) is 0 Å². The van der Waals surface area contributed by atoms with Crippen LogP contribution >= 0.6 is 15.9 Å². The lowest BCUT2D eigenvalue weighted by Crippen LogP contribution is -2.41. The highest BCUT2D eigenvalue weighted by Gasteiger charge is 2.52. The van der Waals surface area contributed by atoms with Crippen LogP contribution in [0.1, 0.15) is 75.6 Å². The van der Waals surface area contributed by atoms with Gasteiger partial charge < -0.3 is 19.5 Å². The van der Waals surface area contributed by atoms with Crippen molar-refractivity contribution in [2.75, 3.05) is 0 Å². The van der Waals surface area contributed by atoms with Crippen LogP contribution in [0.5, 0.6) is 11.5 Å². The van der Waals surface area contributed by atoms with E-state index in [1.165, 1.54) is 30.4 Å². The van der Waals surface area contributed by atoms with Gasteiger partial charge in [-0.05, 0) is 125 Å². The summed E-state index contributed by atoms with van der Waals surface area (Å²) in [5.41, 5.74) is 5.22. The maximum atomic E-state index is 10.0. The number of hydrogen-bond donors (Lipinski definition) is 2. The largest absolute Gasteiger partial charge is 0.508 e. The molecule has 172 valence electrons. The van der Waals surface area contributed by atoms with E-state index in [0.717, 1.165) is 53.2 Å². The average molecular weight is 501 g/mol. The standard InChI is InChI=1S/C16H23BO3.C10H11BrO/c1-15(2)16(3,4)20-17(19-15)13-9-10-14(18)12-8-6-5-7-11(12)13;11-9-5-6-10(12)8-4-2-1-3-7(8)9/h9-10,18H,5-8H2,1-4H3;5-6,12H,1-4H2. The van der Waals surface area contributed by atoms with Gasteiger partial charge in [0, 0.05) is 4.47 Å². The Morgan fingerprint density at radius 3 is 1.66 bits per heavy atom. The molecule has 4 nitrogen and oxygen atoms in total. The quantitative estimate of drug-likeness (QED) is 0.500. The fraction of sp³-hybridized carbons (Fsp3) is 0.538. The molecule has 1 saturated heterocycles. The summed E-state index contributed by atoms with van der Waals surface area (Å²) in [5, 5.41) is 19.6. The lowest BCUT2D eigenvalue weighted by molar-refractivity contribution is 0.00578. The third kappa shape index (κ3) is 4.46. The van der Waals surface area contributed by atoms with Crippen molar-refractivity contribution < 1.29 is 19.5 Å². The molecule has 0 aromatic heterocycles. The molecule has 0 spiro atoms. The van der Waals surface area contributed by atoms with Crippen molar-refractivity contribution in [2.45, 2.75) is 90.3 Å². The van der Waals surface area contributed by atoms with Crippen LogP contribution in [0.4, 0.5) is 0 Å². The van der Waals surface area contributed by atoms with Crippen molar-refractivity contribution in [3.8, 4) is 11.5 Å². The molecule has 1 fully saturated rings. The van der Waals surface area contributed by atoms with Gasteiger partial charge >= 0.3 is 7.12 Å². The Labute approximate surface area is 200 Å². The van der Waals surface area contributed by atoms with Crippen LogP contribution in [0.3, 0.4) is 0 Å². The number of phenolic OH excluding ortho intramolecular Hbond substituents is 2. The summed E-state index contributed by atoms with van der Waals surface area (Å²) >= 11 is 3.51. The van der Waals surface area contributed by atoms with Crippen molar-refractivity contribution in [3.63, 3.8) is 0 Å². The van der Waals surface area contributed by atoms with Crippen LogP contribution in [0.2, 0.25) is 0 Å². The van der Waals surface area contributed by atoms with E-state index >= 15 is 0 Å². The summed E-state index contributed by atoms with van der Waals surface area (Å²) < 4.78 is 13.5. The Hall–Kier alpha value is -1.50. The van der Waals surface area contributed by atoms with Gasteiger partial charge in [0.15, 0.2) is 0 Å². The zero-order valence-electron chi connectivity index (χ0n) is 19.6. The average Bonchev–Trinajstić information content (AvgIpc) is 2.99. The second-order valence-corrected chi connectivity index (χ2v) is 11.0. The zero-order chi connectivity index (χ0) is 23.1. The van der Waals surface area contributed by atoms with Gasteiger partial charge in [-0.3, -0.25) is 0 Å². The number of phenols is 2. The topological polar surface area (TPSA) is 58.9 Å². The molecule has 1 heterocycles. The van der Waals surface area contributed by atoms with Gasteiger partial charge in [0.2, 0.25) is 0 Å². The predicted molar refractivity (Wildman–Crippen MR) is 133 cm³/mol. The van der Waals surface area contributed by atoms with Crippen LogP contribution in [-0.2, 0) is 35.0 Å². The highest BCUT2D eigenvalue weighted by molar-refractivity contribution is 9.10. The van der Waals surface area contributed by atoms with Crippen LogP contribution < -0.4 is 5.46 Å². The Bertz CT molecular complexity index is 955. The normalized spacial score (nSPS) is 20.7. The lowest BCUT2D eigenvalue weighted by Gasteiger charge is -2.32. The fourth-order valence-electron chi connectivity index (χ4n) is 4.87. The van der Waals surface area contributed by atoms with E-state index in [1.807, 2.05) is 12.1 Å². The summed E-state index contributed by atoms with van der Waals surface area (Å²) in [6.07, 6.45) is 8.85. The van der Waals surface area contributed by atoms with Gasteiger partial charge in [0.1, 0.15) is 11.5 Å². The van der Waals surface area contributed by atoms with Crippen molar-refractivity contribution in [3.05, 3.63) is 51.0 Å². The molecule has 3 aliphatic rings. The number of rotatable bonds is 1. The molecule has 32 heavy (non-hydrogen) atoms. The maximum absolute atomic E-state index is 10.0. The first-order valence-corrected chi connectivity index (χ1v) is 12.6. The fourth-order valence-corrected chi connectivity index (χ4v) is 5.44. The Kier molecular flexibility index (Phi) is 6.68. The summed E-state index contributed by atoms with van der Waals surface area (Å²) in [5.74, 6) is 0.882. The van der Waals surface area contributed by atoms with Crippen LogP contribution in [-0.4, -0.2) is 28.5 Å². The minimum Gasteiger partial charge on any atom is -0.508 e. The minimum absolute atomic E-state index is 0.322. The van der Waals surface area contributed by atoms with E-state index in [-0.39, 0.29) is 18.3 Å². The lowest BCUT2D eigenvalue weighted by atomic mass is 9.71. The Balaban J connectivity index is 0.000000174. The van der Waals surface area contributed by atoms with Gasteiger partial charge in [-0.25, -0.2) is 0 Å². The Morgan fingerprint density at radius 2 is 1.12 bits per heavy atom. The highest BCUT2D eigenvalue weighted by Crippen LogP contribution is 2.38. The van der Waals surface area contributed by atoms with Gasteiger partial charge in [-0.1, -0.05) is 22.0 Å². The molecule has 2 aromatic carbocycles. The van der Waals surface area contributed by atoms with E-state index in [2.05, 4.69) is 43.6 Å². The van der Waals surface area contributed by atoms with Gasteiger partial charge in [0.05, 0.1) is 11.2 Å². The maximum Gasteiger partial charge on any atom is 0.495 e. The molecular weight excluding hydrogens is 467 g/mol. The molecule has 0 unspecified atom stereocenters. The van der Waals surface area contributed by atoms with Crippen molar-refractivity contribution >= 4 is 28.5 Å². The summed E-state index contributed by atoms with van der Waals surface area (Å²) in [7, 11) is -0.326. The smallest absolute Gasteiger partial charge is 0.495 e. The molecule has 2 aliphatic carbocycles. The van der Waals surface area contributed by atoms with E-state index < -0.39 is 0 Å². The van der Waals surface area contributed by atoms with Crippen LogP contribution in [0.15, 0.2) is 28.7 Å². The zero-order valence-corrected chi connectivity index (χ0v) is 21.2. The third-order valence-electron chi connectivity index (χ3n) is 7.51. The van der Waals surface area contributed by atoms with Gasteiger partial charge in [0.25, 0.3) is 0 Å². The number of fused-ring (bicyclic) bond motifs is 2. The molecule has 2 N–H and O–H groups in total. The van der Waals surface area contributed by atoms with Gasteiger partial charge in [-0.2, -0.15) is 0 Å². The number of hydrogen-bond acceptors (Lipinski definition) is 4. The van der Waals surface area contributed by atoms with Gasteiger partial charge in [-0.15, -0.1) is 0 Å². The molecule has 6 heteroatoms. The Morgan fingerprint density at radius 1 is 0.688 bits per heavy atom. The first-order chi connectivity index (χ1) is 15.1. The predicted octanol–water partition coefficient (Wildman–Crippen LogP) is 5.60. The third-order valence-corrected chi connectivity index (χ3v) is 8.25. The minimum atomic E-state index is -0.326. The van der Waals surface area contributed by atoms with E-state index in [0.29, 0.717) is 11.5 Å². The molecule has 0 atom stereocenters. The molecular formula is C26H34BBrO4. The van der Waals surface area contributed by atoms with Crippen molar-refractivity contribution in [1.82, 2.24) is 0 Å². The summed E-state index contributed by atoms with van der Waals surface area (Å²) in [6.45, 7) is 8.28. The SMILES string of the molecule is CC1(C)OB(c2ccc(O)c3c2CCCC3)OC1(C)C.Oc1ccc(Br)c2c1CCCC2. The van der Waals surface area contributed by atoms with Crippen LogP contribution in [0, 0.1) is 0 Å². The molecule has 0 amide bonds. The monoisotopic (exact) mass is 500 g/mol. The molecule has 2 aromatic rings. The first kappa shape index (κ1) is 23.7. The van der Waals surface area contributed by atoms with E-state index in [1.54, 1.807) is 12.1 Å². The number of benzene rings is 2. The number of aromatic hydroxyl groups is 2. The number of halogens is 1. The molecule has 0 radical (unpaired) electrons. The molecule has 1 aliphatic heterocycles. The van der Waals surface area contributed by atoms with E-state index in [4.69, 9.17) is 9.31 Å². The summed E-state index contributed by atoms with van der Waals surface area (Å²) in [6, 6.07) is 7.44. The second kappa shape index (κ2) is 9.04. The van der Waals surface area contributed by atoms with Crippen molar-refractivity contribution in [2.24, 2.45) is 0 Å². The first-order valence-electron chi connectivity index (χ1n) is 11.8. The van der Waals surface area contributed by atoms with E-state index in [9.17, 15) is 10.2 Å². The molecule has 0 bridgehead atoms.